The molecule has 0 aliphatic rings. The summed E-state index contributed by atoms with van der Waals surface area (Å²) < 4.78 is 0. The highest BCUT2D eigenvalue weighted by Crippen LogP contribution is 2.38. The molecule has 1 aromatic heterocycles. The summed E-state index contributed by atoms with van der Waals surface area (Å²) in [6.07, 6.45) is 0. The molecule has 1 unspecified atom stereocenters. The maximum absolute atomic E-state index is 6.15. The minimum Gasteiger partial charge on any atom is -0.271 e. The Morgan fingerprint density at radius 2 is 1.71 bits per heavy atom. The Hall–Kier alpha value is -0.290. The zero-order valence-electron chi connectivity index (χ0n) is 8.58. The molecule has 90 valence electrons. The molecule has 0 radical (unpaired) electrons. The van der Waals surface area contributed by atoms with E-state index >= 15 is 0 Å². The SMILES string of the molecule is NNC(c1sccc1Cl)c1c(Cl)cccc1Cl. The molecule has 1 atom stereocenters. The summed E-state index contributed by atoms with van der Waals surface area (Å²) in [5.74, 6) is 5.58. The number of nitrogens with two attached hydrogens (primary N) is 1. The van der Waals surface area contributed by atoms with E-state index in [1.165, 1.54) is 11.3 Å². The fraction of sp³-hybridized carbons (Fsp3) is 0.0909. The molecule has 3 N–H and O–H groups in total. The first-order valence-electron chi connectivity index (χ1n) is 4.78. The maximum atomic E-state index is 6.15. The van der Waals surface area contributed by atoms with Crippen molar-refractivity contribution < 1.29 is 0 Å². The van der Waals surface area contributed by atoms with E-state index < -0.39 is 0 Å². The normalized spacial score (nSPS) is 12.7. The van der Waals surface area contributed by atoms with Gasteiger partial charge in [-0.15, -0.1) is 11.3 Å². The first-order chi connectivity index (χ1) is 8.15. The highest BCUT2D eigenvalue weighted by molar-refractivity contribution is 7.10. The van der Waals surface area contributed by atoms with Crippen molar-refractivity contribution in [3.05, 3.63) is 55.2 Å². The van der Waals surface area contributed by atoms with Crippen LogP contribution >= 0.6 is 46.1 Å². The summed E-state index contributed by atoms with van der Waals surface area (Å²) >= 11 is 19.9. The van der Waals surface area contributed by atoms with E-state index in [1.54, 1.807) is 18.2 Å². The monoisotopic (exact) mass is 306 g/mol. The van der Waals surface area contributed by atoms with Gasteiger partial charge < -0.3 is 0 Å². The zero-order valence-corrected chi connectivity index (χ0v) is 11.7. The van der Waals surface area contributed by atoms with Crippen LogP contribution in [0, 0.1) is 0 Å². The zero-order chi connectivity index (χ0) is 12.4. The quantitative estimate of drug-likeness (QED) is 0.657. The van der Waals surface area contributed by atoms with E-state index in [-0.39, 0.29) is 6.04 Å². The lowest BCUT2D eigenvalue weighted by Crippen LogP contribution is -2.28. The van der Waals surface area contributed by atoms with Gasteiger partial charge in [-0.2, -0.15) is 0 Å². The minimum absolute atomic E-state index is 0.302. The van der Waals surface area contributed by atoms with Crippen molar-refractivity contribution in [2.24, 2.45) is 5.84 Å². The third-order valence-corrected chi connectivity index (χ3v) is 4.44. The van der Waals surface area contributed by atoms with E-state index in [0.717, 1.165) is 10.4 Å². The van der Waals surface area contributed by atoms with E-state index in [4.69, 9.17) is 40.6 Å². The molecule has 1 aromatic carbocycles. The van der Waals surface area contributed by atoms with Crippen LogP contribution in [-0.2, 0) is 0 Å². The van der Waals surface area contributed by atoms with Crippen molar-refractivity contribution in [3.63, 3.8) is 0 Å². The van der Waals surface area contributed by atoms with Gasteiger partial charge in [0.15, 0.2) is 0 Å². The third kappa shape index (κ3) is 2.60. The van der Waals surface area contributed by atoms with Gasteiger partial charge in [-0.3, -0.25) is 5.84 Å². The summed E-state index contributed by atoms with van der Waals surface area (Å²) in [6.45, 7) is 0. The largest absolute Gasteiger partial charge is 0.271 e. The molecular weight excluding hydrogens is 299 g/mol. The first kappa shape index (κ1) is 13.1. The van der Waals surface area contributed by atoms with Crippen molar-refractivity contribution in [1.29, 1.82) is 0 Å². The Morgan fingerprint density at radius 3 is 2.18 bits per heavy atom. The fourth-order valence-electron chi connectivity index (χ4n) is 1.59. The smallest absolute Gasteiger partial charge is 0.0846 e. The fourth-order valence-corrected chi connectivity index (χ4v) is 3.44. The molecule has 0 aliphatic carbocycles. The van der Waals surface area contributed by atoms with E-state index in [1.807, 2.05) is 11.4 Å². The summed E-state index contributed by atoms with van der Waals surface area (Å²) in [7, 11) is 0. The molecule has 0 spiro atoms. The number of hydrogen-bond donors (Lipinski definition) is 2. The van der Waals surface area contributed by atoms with Gasteiger partial charge in [0.05, 0.1) is 11.1 Å². The topological polar surface area (TPSA) is 38.0 Å². The number of thiophene rings is 1. The molecule has 2 nitrogen and oxygen atoms in total. The lowest BCUT2D eigenvalue weighted by molar-refractivity contribution is 0.647. The van der Waals surface area contributed by atoms with Gasteiger partial charge in [-0.25, -0.2) is 5.43 Å². The number of halogens is 3. The molecule has 0 fully saturated rings. The van der Waals surface area contributed by atoms with Crippen LogP contribution in [0.25, 0.3) is 0 Å². The molecular formula is C11H9Cl3N2S. The van der Waals surface area contributed by atoms with Gasteiger partial charge in [0.25, 0.3) is 0 Å². The number of benzene rings is 1. The highest BCUT2D eigenvalue weighted by atomic mass is 35.5. The summed E-state index contributed by atoms with van der Waals surface area (Å²) in [5.41, 5.74) is 3.44. The summed E-state index contributed by atoms with van der Waals surface area (Å²) in [6, 6.07) is 6.85. The van der Waals surface area contributed by atoms with Gasteiger partial charge in [0.1, 0.15) is 0 Å². The van der Waals surface area contributed by atoms with E-state index in [2.05, 4.69) is 5.43 Å². The van der Waals surface area contributed by atoms with Crippen molar-refractivity contribution in [1.82, 2.24) is 5.43 Å². The number of hydrazine groups is 1. The van der Waals surface area contributed by atoms with Gasteiger partial charge in [0, 0.05) is 20.5 Å². The van der Waals surface area contributed by atoms with Crippen LogP contribution in [0.4, 0.5) is 0 Å². The third-order valence-electron chi connectivity index (χ3n) is 2.36. The molecule has 1 heterocycles. The van der Waals surface area contributed by atoms with E-state index in [0.29, 0.717) is 15.1 Å². The average molecular weight is 308 g/mol. The Bertz CT molecular complexity index is 507. The van der Waals surface area contributed by atoms with Crippen LogP contribution in [-0.4, -0.2) is 0 Å². The van der Waals surface area contributed by atoms with Gasteiger partial charge >= 0.3 is 0 Å². The van der Waals surface area contributed by atoms with Crippen molar-refractivity contribution in [2.75, 3.05) is 0 Å². The second-order valence-electron chi connectivity index (χ2n) is 3.37. The first-order valence-corrected chi connectivity index (χ1v) is 6.79. The van der Waals surface area contributed by atoms with Crippen LogP contribution in [0.2, 0.25) is 15.1 Å². The van der Waals surface area contributed by atoms with Gasteiger partial charge in [0.2, 0.25) is 0 Å². The lowest BCUT2D eigenvalue weighted by atomic mass is 10.1. The number of rotatable bonds is 3. The molecule has 0 saturated carbocycles. The Kier molecular flexibility index (Phi) is 4.31. The molecule has 2 rings (SSSR count). The van der Waals surface area contributed by atoms with Crippen molar-refractivity contribution in [2.45, 2.75) is 6.04 Å². The van der Waals surface area contributed by atoms with Crippen molar-refractivity contribution >= 4 is 46.1 Å². The molecule has 0 aliphatic heterocycles. The standard InChI is InChI=1S/C11H9Cl3N2S/c12-6-2-1-3-7(13)9(6)10(16-15)11-8(14)4-5-17-11/h1-5,10,16H,15H2. The van der Waals surface area contributed by atoms with E-state index in [9.17, 15) is 0 Å². The predicted molar refractivity (Wildman–Crippen MR) is 75.0 cm³/mol. The molecule has 6 heteroatoms. The van der Waals surface area contributed by atoms with Crippen LogP contribution in [0.15, 0.2) is 29.6 Å². The summed E-state index contributed by atoms with van der Waals surface area (Å²) in [4.78, 5) is 0.893. The van der Waals surface area contributed by atoms with Crippen molar-refractivity contribution in [3.8, 4) is 0 Å². The second kappa shape index (κ2) is 5.57. The number of hydrogen-bond acceptors (Lipinski definition) is 3. The Morgan fingerprint density at radius 1 is 1.06 bits per heavy atom. The lowest BCUT2D eigenvalue weighted by Gasteiger charge is -2.18. The average Bonchev–Trinajstić information content (AvgIpc) is 2.70. The van der Waals surface area contributed by atoms with Crippen LogP contribution in [0.3, 0.4) is 0 Å². The predicted octanol–water partition coefficient (Wildman–Crippen LogP) is 4.26. The molecule has 2 aromatic rings. The maximum Gasteiger partial charge on any atom is 0.0846 e. The Balaban J connectivity index is 2.53. The molecule has 0 bridgehead atoms. The van der Waals surface area contributed by atoms with Crippen LogP contribution < -0.4 is 11.3 Å². The van der Waals surface area contributed by atoms with Gasteiger partial charge in [-0.05, 0) is 23.6 Å². The Labute approximate surface area is 118 Å². The molecule has 0 saturated heterocycles. The van der Waals surface area contributed by atoms with Crippen LogP contribution in [0.1, 0.15) is 16.5 Å². The molecule has 17 heavy (non-hydrogen) atoms. The second-order valence-corrected chi connectivity index (χ2v) is 5.54. The molecule has 0 amide bonds. The highest BCUT2D eigenvalue weighted by Gasteiger charge is 2.21. The minimum atomic E-state index is -0.302. The summed E-state index contributed by atoms with van der Waals surface area (Å²) in [5, 5.41) is 3.66. The number of nitrogens with one attached hydrogen (secondary N) is 1. The van der Waals surface area contributed by atoms with Gasteiger partial charge in [-0.1, -0.05) is 40.9 Å². The van der Waals surface area contributed by atoms with Crippen LogP contribution in [0.5, 0.6) is 0 Å².